The van der Waals surface area contributed by atoms with Gasteiger partial charge in [0.25, 0.3) is 0 Å². The second-order valence-electron chi connectivity index (χ2n) is 7.49. The van der Waals surface area contributed by atoms with Crippen LogP contribution in [0.1, 0.15) is 11.1 Å². The summed E-state index contributed by atoms with van der Waals surface area (Å²) in [7, 11) is 5.79. The van der Waals surface area contributed by atoms with Crippen LogP contribution in [0.25, 0.3) is 22.5 Å². The Kier molecular flexibility index (Phi) is 4.88. The van der Waals surface area contributed by atoms with Gasteiger partial charge in [0.05, 0.1) is 11.4 Å². The van der Waals surface area contributed by atoms with Crippen molar-refractivity contribution in [2.75, 3.05) is 39.5 Å². The minimum absolute atomic E-state index is 0.106. The number of benzene rings is 2. The first-order valence-electron chi connectivity index (χ1n) is 9.45. The fraction of sp³-hybridized carbons (Fsp3) is 0.273. The summed E-state index contributed by atoms with van der Waals surface area (Å²) < 4.78 is 0. The van der Waals surface area contributed by atoms with Gasteiger partial charge in [0.15, 0.2) is 0 Å². The second kappa shape index (κ2) is 7.48. The maximum Gasteiger partial charge on any atom is 0.321 e. The van der Waals surface area contributed by atoms with Crippen LogP contribution in [0.3, 0.4) is 0 Å². The van der Waals surface area contributed by atoms with Crippen molar-refractivity contribution in [1.29, 1.82) is 0 Å². The molecule has 0 spiro atoms. The highest BCUT2D eigenvalue weighted by Gasteiger charge is 2.24. The molecule has 0 unspecified atom stereocenters. The topological polar surface area (TPSA) is 64.3 Å². The number of hydrogen-bond donors (Lipinski definition) is 2. The lowest BCUT2D eigenvalue weighted by atomic mass is 10.1. The van der Waals surface area contributed by atoms with Crippen LogP contribution in [0.2, 0.25) is 0 Å². The molecule has 2 aromatic carbocycles. The first-order chi connectivity index (χ1) is 13.5. The number of fused-ring (bicyclic) bond motifs is 3. The Morgan fingerprint density at radius 3 is 2.57 bits per heavy atom. The molecule has 2 N–H and O–H groups in total. The van der Waals surface area contributed by atoms with Crippen molar-refractivity contribution in [3.8, 4) is 22.5 Å². The van der Waals surface area contributed by atoms with Crippen LogP contribution >= 0.6 is 0 Å². The van der Waals surface area contributed by atoms with Crippen molar-refractivity contribution >= 4 is 11.7 Å². The van der Waals surface area contributed by atoms with Crippen LogP contribution in [-0.4, -0.2) is 60.3 Å². The largest absolute Gasteiger partial charge is 0.326 e. The zero-order chi connectivity index (χ0) is 19.7. The summed E-state index contributed by atoms with van der Waals surface area (Å²) in [5.41, 5.74) is 7.72. The van der Waals surface area contributed by atoms with E-state index in [9.17, 15) is 4.79 Å². The molecule has 0 saturated carbocycles. The van der Waals surface area contributed by atoms with Gasteiger partial charge in [0.2, 0.25) is 0 Å². The molecule has 1 aromatic heterocycles. The fourth-order valence-electron chi connectivity index (χ4n) is 3.49. The molecule has 1 aliphatic carbocycles. The molecule has 0 bridgehead atoms. The molecule has 4 rings (SSSR count). The average Bonchev–Trinajstić information content (AvgIpc) is 3.26. The summed E-state index contributed by atoms with van der Waals surface area (Å²) in [4.78, 5) is 16.0. The van der Waals surface area contributed by atoms with Crippen molar-refractivity contribution in [3.63, 3.8) is 0 Å². The number of aromatic nitrogens is 2. The van der Waals surface area contributed by atoms with Gasteiger partial charge in [-0.25, -0.2) is 4.79 Å². The van der Waals surface area contributed by atoms with E-state index in [-0.39, 0.29) is 6.03 Å². The molecule has 2 amide bonds. The number of nitrogens with one attached hydrogen (secondary N) is 2. The third kappa shape index (κ3) is 3.51. The normalized spacial score (nSPS) is 12.0. The zero-order valence-corrected chi connectivity index (χ0v) is 16.5. The van der Waals surface area contributed by atoms with Gasteiger partial charge in [-0.05, 0) is 31.8 Å². The molecular weight excluding hydrogens is 350 g/mol. The lowest BCUT2D eigenvalue weighted by Crippen LogP contribution is -2.36. The van der Waals surface area contributed by atoms with Gasteiger partial charge < -0.3 is 15.1 Å². The average molecular weight is 375 g/mol. The van der Waals surface area contributed by atoms with Gasteiger partial charge in [0, 0.05) is 48.9 Å². The highest BCUT2D eigenvalue weighted by atomic mass is 16.2. The van der Waals surface area contributed by atoms with E-state index in [1.165, 1.54) is 16.7 Å². The van der Waals surface area contributed by atoms with Gasteiger partial charge in [-0.2, -0.15) is 5.10 Å². The van der Waals surface area contributed by atoms with Crippen molar-refractivity contribution in [1.82, 2.24) is 20.0 Å². The number of H-pyrrole nitrogens is 1. The molecule has 6 heteroatoms. The predicted octanol–water partition coefficient (Wildman–Crippen LogP) is 3.67. The first kappa shape index (κ1) is 18.3. The Hall–Kier alpha value is -3.12. The maximum atomic E-state index is 12.3. The Bertz CT molecular complexity index is 990. The molecule has 6 nitrogen and oxygen atoms in total. The van der Waals surface area contributed by atoms with E-state index in [2.05, 4.69) is 44.7 Å². The second-order valence-corrected chi connectivity index (χ2v) is 7.49. The smallest absolute Gasteiger partial charge is 0.321 e. The molecule has 0 fully saturated rings. The lowest BCUT2D eigenvalue weighted by molar-refractivity contribution is 0.217. The first-order valence-corrected chi connectivity index (χ1v) is 9.45. The van der Waals surface area contributed by atoms with Crippen LogP contribution in [-0.2, 0) is 6.42 Å². The highest BCUT2D eigenvalue weighted by molar-refractivity contribution is 5.89. The highest BCUT2D eigenvalue weighted by Crippen LogP contribution is 2.39. The van der Waals surface area contributed by atoms with E-state index in [0.717, 1.165) is 35.6 Å². The molecule has 28 heavy (non-hydrogen) atoms. The SMILES string of the molecule is CN(C)CCN(C)C(=O)Nc1ccc(-c2n[nH]c3c2Cc2ccccc2-3)cc1. The molecular formula is C22H25N5O. The van der Waals surface area contributed by atoms with Gasteiger partial charge in [0.1, 0.15) is 0 Å². The van der Waals surface area contributed by atoms with Gasteiger partial charge in [-0.3, -0.25) is 5.10 Å². The standard InChI is InChI=1S/C22H25N5O/c1-26(2)12-13-27(3)22(28)23-17-10-8-15(9-11-17)20-19-14-16-6-4-5-7-18(16)21(19)25-24-20/h4-11H,12-14H2,1-3H3,(H,23,28)(H,24,25). The van der Waals surface area contributed by atoms with Crippen LogP contribution in [0, 0.1) is 0 Å². The monoisotopic (exact) mass is 375 g/mol. The van der Waals surface area contributed by atoms with Crippen LogP contribution < -0.4 is 5.32 Å². The number of amides is 2. The minimum atomic E-state index is -0.106. The number of urea groups is 1. The molecule has 3 aromatic rings. The third-order valence-electron chi connectivity index (χ3n) is 5.16. The molecule has 0 atom stereocenters. The van der Waals surface area contributed by atoms with Crippen molar-refractivity contribution in [3.05, 3.63) is 59.7 Å². The van der Waals surface area contributed by atoms with Crippen LogP contribution in [0.5, 0.6) is 0 Å². The molecule has 0 aliphatic heterocycles. The Morgan fingerprint density at radius 2 is 1.82 bits per heavy atom. The number of aromatic amines is 1. The van der Waals surface area contributed by atoms with Gasteiger partial charge in [-0.15, -0.1) is 0 Å². The summed E-state index contributed by atoms with van der Waals surface area (Å²) in [5.74, 6) is 0. The molecule has 0 radical (unpaired) electrons. The quantitative estimate of drug-likeness (QED) is 0.559. The number of rotatable bonds is 5. The van der Waals surface area contributed by atoms with E-state index in [1.54, 1.807) is 11.9 Å². The summed E-state index contributed by atoms with van der Waals surface area (Å²) >= 11 is 0. The van der Waals surface area contributed by atoms with E-state index in [4.69, 9.17) is 0 Å². The van der Waals surface area contributed by atoms with Gasteiger partial charge in [-0.1, -0.05) is 36.4 Å². The van der Waals surface area contributed by atoms with Crippen LogP contribution in [0.4, 0.5) is 10.5 Å². The molecule has 1 heterocycles. The number of carbonyl (C=O) groups excluding carboxylic acids is 1. The summed E-state index contributed by atoms with van der Waals surface area (Å²) in [6.45, 7) is 1.51. The summed E-state index contributed by atoms with van der Waals surface area (Å²) in [6, 6.07) is 16.2. The van der Waals surface area contributed by atoms with Crippen LogP contribution in [0.15, 0.2) is 48.5 Å². The van der Waals surface area contributed by atoms with Crippen molar-refractivity contribution < 1.29 is 4.79 Å². The number of likely N-dealkylation sites (N-methyl/N-ethyl adjacent to an activating group) is 2. The summed E-state index contributed by atoms with van der Waals surface area (Å²) in [6.07, 6.45) is 0.895. The number of carbonyl (C=O) groups is 1. The van der Waals surface area contributed by atoms with Crippen molar-refractivity contribution in [2.24, 2.45) is 0 Å². The predicted molar refractivity (Wildman–Crippen MR) is 112 cm³/mol. The van der Waals surface area contributed by atoms with Gasteiger partial charge >= 0.3 is 6.03 Å². The number of anilines is 1. The fourth-order valence-corrected chi connectivity index (χ4v) is 3.49. The van der Waals surface area contributed by atoms with E-state index in [1.807, 2.05) is 38.4 Å². The Morgan fingerprint density at radius 1 is 1.07 bits per heavy atom. The van der Waals surface area contributed by atoms with E-state index in [0.29, 0.717) is 6.54 Å². The molecule has 1 aliphatic rings. The number of nitrogens with zero attached hydrogens (tertiary/aromatic N) is 3. The third-order valence-corrected chi connectivity index (χ3v) is 5.16. The number of hydrogen-bond acceptors (Lipinski definition) is 3. The zero-order valence-electron chi connectivity index (χ0n) is 16.5. The molecule has 144 valence electrons. The Labute approximate surface area is 165 Å². The maximum absolute atomic E-state index is 12.3. The lowest BCUT2D eigenvalue weighted by Gasteiger charge is -2.20. The minimum Gasteiger partial charge on any atom is -0.326 e. The van der Waals surface area contributed by atoms with E-state index >= 15 is 0 Å². The molecule has 0 saturated heterocycles. The van der Waals surface area contributed by atoms with Crippen molar-refractivity contribution in [2.45, 2.75) is 6.42 Å². The Balaban J connectivity index is 1.46. The van der Waals surface area contributed by atoms with E-state index < -0.39 is 0 Å². The summed E-state index contributed by atoms with van der Waals surface area (Å²) in [5, 5.41) is 10.7.